The van der Waals surface area contributed by atoms with Crippen molar-refractivity contribution in [2.24, 2.45) is 5.92 Å². The molecule has 3 heterocycles. The third-order valence-corrected chi connectivity index (χ3v) is 4.93. The fraction of sp³-hybridized carbons (Fsp3) is 0.350. The van der Waals surface area contributed by atoms with E-state index in [1.807, 2.05) is 24.1 Å². The standard InChI is InChI=1S/C20H22N4O/c1-15-14-24-19(21-15)8-7-18(22-24)20(25)23-11-9-17(10-12-23)13-16-5-3-2-4-6-16/h2-8,14,17H,9-13H2,1H3. The van der Waals surface area contributed by atoms with Gasteiger partial charge in [-0.15, -0.1) is 0 Å². The Labute approximate surface area is 147 Å². The van der Waals surface area contributed by atoms with E-state index >= 15 is 0 Å². The summed E-state index contributed by atoms with van der Waals surface area (Å²) >= 11 is 0. The SMILES string of the molecule is Cc1cn2nc(C(=O)N3CCC(Cc4ccccc4)CC3)ccc2n1. The maximum Gasteiger partial charge on any atom is 0.274 e. The summed E-state index contributed by atoms with van der Waals surface area (Å²) in [5.74, 6) is 0.671. The van der Waals surface area contributed by atoms with Crippen molar-refractivity contribution in [1.82, 2.24) is 19.5 Å². The summed E-state index contributed by atoms with van der Waals surface area (Å²) < 4.78 is 1.69. The van der Waals surface area contributed by atoms with Crippen molar-refractivity contribution in [3.63, 3.8) is 0 Å². The quantitative estimate of drug-likeness (QED) is 0.739. The van der Waals surface area contributed by atoms with Gasteiger partial charge in [0, 0.05) is 13.1 Å². The summed E-state index contributed by atoms with van der Waals surface area (Å²) in [4.78, 5) is 19.0. The third kappa shape index (κ3) is 3.40. The Morgan fingerprint density at radius 1 is 1.12 bits per heavy atom. The molecule has 0 bridgehead atoms. The predicted molar refractivity (Wildman–Crippen MR) is 96.5 cm³/mol. The van der Waals surface area contributed by atoms with Gasteiger partial charge in [-0.05, 0) is 49.8 Å². The van der Waals surface area contributed by atoms with Crippen LogP contribution in [0.1, 0.15) is 34.6 Å². The summed E-state index contributed by atoms with van der Waals surface area (Å²) in [7, 11) is 0. The molecule has 0 spiro atoms. The Morgan fingerprint density at radius 2 is 1.88 bits per heavy atom. The lowest BCUT2D eigenvalue weighted by atomic mass is 9.90. The molecule has 0 unspecified atom stereocenters. The molecule has 128 valence electrons. The van der Waals surface area contributed by atoms with Crippen molar-refractivity contribution < 1.29 is 4.79 Å². The van der Waals surface area contributed by atoms with Gasteiger partial charge in [-0.25, -0.2) is 9.50 Å². The molecule has 0 radical (unpaired) electrons. The van der Waals surface area contributed by atoms with Crippen LogP contribution in [0.5, 0.6) is 0 Å². The molecular formula is C20H22N4O. The van der Waals surface area contributed by atoms with Crippen molar-refractivity contribution in [2.75, 3.05) is 13.1 Å². The van der Waals surface area contributed by atoms with E-state index in [2.05, 4.69) is 40.4 Å². The van der Waals surface area contributed by atoms with E-state index in [-0.39, 0.29) is 5.91 Å². The number of carbonyl (C=O) groups excluding carboxylic acids is 1. The Balaban J connectivity index is 1.40. The van der Waals surface area contributed by atoms with Gasteiger partial charge in [0.1, 0.15) is 5.69 Å². The van der Waals surface area contributed by atoms with Gasteiger partial charge >= 0.3 is 0 Å². The number of hydrogen-bond acceptors (Lipinski definition) is 3. The van der Waals surface area contributed by atoms with Crippen LogP contribution in [-0.2, 0) is 6.42 Å². The summed E-state index contributed by atoms with van der Waals surface area (Å²) in [5.41, 5.74) is 3.55. The molecule has 1 saturated heterocycles. The molecule has 1 aliphatic rings. The summed E-state index contributed by atoms with van der Waals surface area (Å²) in [5, 5.41) is 4.42. The third-order valence-electron chi connectivity index (χ3n) is 4.93. The molecule has 5 nitrogen and oxygen atoms in total. The van der Waals surface area contributed by atoms with Crippen molar-refractivity contribution in [2.45, 2.75) is 26.2 Å². The van der Waals surface area contributed by atoms with Crippen LogP contribution in [0.2, 0.25) is 0 Å². The highest BCUT2D eigenvalue weighted by molar-refractivity contribution is 5.92. The van der Waals surface area contributed by atoms with E-state index < -0.39 is 0 Å². The predicted octanol–water partition coefficient (Wildman–Crippen LogP) is 3.13. The normalized spacial score (nSPS) is 15.6. The topological polar surface area (TPSA) is 50.5 Å². The number of fused-ring (bicyclic) bond motifs is 1. The van der Waals surface area contributed by atoms with Crippen LogP contribution < -0.4 is 0 Å². The number of benzene rings is 1. The smallest absolute Gasteiger partial charge is 0.274 e. The van der Waals surface area contributed by atoms with Crippen molar-refractivity contribution in [3.05, 3.63) is 65.6 Å². The minimum absolute atomic E-state index is 0.0198. The second-order valence-electron chi connectivity index (χ2n) is 6.83. The van der Waals surface area contributed by atoms with Gasteiger partial charge < -0.3 is 4.90 Å². The molecular weight excluding hydrogens is 312 g/mol. The molecule has 1 amide bonds. The van der Waals surface area contributed by atoms with E-state index in [1.54, 1.807) is 10.6 Å². The molecule has 3 aromatic rings. The molecule has 1 fully saturated rings. The molecule has 0 aliphatic carbocycles. The summed E-state index contributed by atoms with van der Waals surface area (Å²) in [6.07, 6.45) is 5.04. The number of rotatable bonds is 3. The van der Waals surface area contributed by atoms with Gasteiger partial charge in [-0.3, -0.25) is 4.79 Å². The summed E-state index contributed by atoms with van der Waals surface area (Å²) in [6, 6.07) is 14.2. The molecule has 1 aliphatic heterocycles. The number of aryl methyl sites for hydroxylation is 1. The number of likely N-dealkylation sites (tertiary alicyclic amines) is 1. The van der Waals surface area contributed by atoms with Crippen molar-refractivity contribution in [1.29, 1.82) is 0 Å². The lowest BCUT2D eigenvalue weighted by Gasteiger charge is -2.31. The number of piperidine rings is 1. The number of hydrogen-bond donors (Lipinski definition) is 0. The van der Waals surface area contributed by atoms with Crippen LogP contribution in [0.25, 0.3) is 5.65 Å². The van der Waals surface area contributed by atoms with E-state index in [1.165, 1.54) is 5.56 Å². The lowest BCUT2D eigenvalue weighted by Crippen LogP contribution is -2.39. The van der Waals surface area contributed by atoms with E-state index in [0.29, 0.717) is 11.6 Å². The van der Waals surface area contributed by atoms with E-state index in [9.17, 15) is 4.79 Å². The Morgan fingerprint density at radius 3 is 2.64 bits per heavy atom. The van der Waals surface area contributed by atoms with Crippen LogP contribution in [0.15, 0.2) is 48.7 Å². The first-order valence-electron chi connectivity index (χ1n) is 8.85. The van der Waals surface area contributed by atoms with Gasteiger partial charge in [0.25, 0.3) is 5.91 Å². The lowest BCUT2D eigenvalue weighted by molar-refractivity contribution is 0.0683. The number of nitrogens with zero attached hydrogens (tertiary/aromatic N) is 4. The molecule has 1 aromatic carbocycles. The van der Waals surface area contributed by atoms with Gasteiger partial charge in [0.2, 0.25) is 0 Å². The van der Waals surface area contributed by atoms with Gasteiger partial charge in [0.05, 0.1) is 11.9 Å². The van der Waals surface area contributed by atoms with Gasteiger partial charge in [-0.1, -0.05) is 30.3 Å². The first-order valence-corrected chi connectivity index (χ1v) is 8.85. The highest BCUT2D eigenvalue weighted by Crippen LogP contribution is 2.22. The van der Waals surface area contributed by atoms with E-state index in [4.69, 9.17) is 0 Å². The Kier molecular flexibility index (Phi) is 4.22. The number of carbonyl (C=O) groups is 1. The summed E-state index contributed by atoms with van der Waals surface area (Å²) in [6.45, 7) is 3.53. The average molecular weight is 334 g/mol. The second-order valence-corrected chi connectivity index (χ2v) is 6.83. The maximum absolute atomic E-state index is 12.7. The zero-order chi connectivity index (χ0) is 17.2. The second kappa shape index (κ2) is 6.67. The fourth-order valence-electron chi connectivity index (χ4n) is 3.56. The number of aromatic nitrogens is 3. The molecule has 5 heteroatoms. The Hall–Kier alpha value is -2.69. The monoisotopic (exact) mass is 334 g/mol. The average Bonchev–Trinajstić information content (AvgIpc) is 3.02. The molecule has 0 N–H and O–H groups in total. The first kappa shape index (κ1) is 15.8. The van der Waals surface area contributed by atoms with Crippen LogP contribution in [0.4, 0.5) is 0 Å². The zero-order valence-electron chi connectivity index (χ0n) is 14.4. The largest absolute Gasteiger partial charge is 0.337 e. The minimum Gasteiger partial charge on any atom is -0.337 e. The molecule has 2 aromatic heterocycles. The van der Waals surface area contributed by atoms with Crippen LogP contribution in [0, 0.1) is 12.8 Å². The zero-order valence-corrected chi connectivity index (χ0v) is 14.4. The number of amides is 1. The van der Waals surface area contributed by atoms with Crippen LogP contribution in [0.3, 0.4) is 0 Å². The van der Waals surface area contributed by atoms with Crippen molar-refractivity contribution >= 4 is 11.6 Å². The van der Waals surface area contributed by atoms with Crippen LogP contribution in [-0.4, -0.2) is 38.5 Å². The first-order chi connectivity index (χ1) is 12.2. The van der Waals surface area contributed by atoms with E-state index in [0.717, 1.165) is 43.7 Å². The van der Waals surface area contributed by atoms with Gasteiger partial charge in [-0.2, -0.15) is 5.10 Å². The highest BCUT2D eigenvalue weighted by Gasteiger charge is 2.24. The minimum atomic E-state index is 0.0198. The van der Waals surface area contributed by atoms with Gasteiger partial charge in [0.15, 0.2) is 5.65 Å². The fourth-order valence-corrected chi connectivity index (χ4v) is 3.56. The highest BCUT2D eigenvalue weighted by atomic mass is 16.2. The van der Waals surface area contributed by atoms with Crippen molar-refractivity contribution in [3.8, 4) is 0 Å². The molecule has 0 saturated carbocycles. The maximum atomic E-state index is 12.7. The van der Waals surface area contributed by atoms with Crippen LogP contribution >= 0.6 is 0 Å². The molecule has 4 rings (SSSR count). The Bertz CT molecular complexity index is 879. The molecule has 25 heavy (non-hydrogen) atoms. The number of imidazole rings is 1. The molecule has 0 atom stereocenters.